The van der Waals surface area contributed by atoms with E-state index in [1.165, 1.54) is 6.07 Å². The third-order valence-electron chi connectivity index (χ3n) is 2.66. The molecular formula is C12H15ClINO2. The maximum Gasteiger partial charge on any atom is 0.251 e. The fraction of sp³-hybridized carbons (Fsp3) is 0.417. The summed E-state index contributed by atoms with van der Waals surface area (Å²) in [5, 5.41) is 12.4. The molecule has 0 radical (unpaired) electrons. The topological polar surface area (TPSA) is 49.3 Å². The van der Waals surface area contributed by atoms with Crippen molar-refractivity contribution in [2.75, 3.05) is 5.88 Å². The second kappa shape index (κ2) is 6.44. The third-order valence-corrected chi connectivity index (χ3v) is 4.06. The van der Waals surface area contributed by atoms with Gasteiger partial charge in [0.25, 0.3) is 5.91 Å². The molecule has 0 aliphatic rings. The van der Waals surface area contributed by atoms with Crippen molar-refractivity contribution >= 4 is 40.1 Å². The largest absolute Gasteiger partial charge is 0.507 e. The predicted octanol–water partition coefficient (Wildman–Crippen LogP) is 2.99. The molecule has 17 heavy (non-hydrogen) atoms. The van der Waals surface area contributed by atoms with E-state index in [0.29, 0.717) is 11.4 Å². The van der Waals surface area contributed by atoms with Gasteiger partial charge in [0.2, 0.25) is 0 Å². The second-order valence-electron chi connectivity index (χ2n) is 4.06. The molecule has 0 saturated carbocycles. The minimum Gasteiger partial charge on any atom is -0.507 e. The molecule has 1 amide bonds. The minimum atomic E-state index is -0.193. The first kappa shape index (κ1) is 14.6. The number of halogens is 2. The van der Waals surface area contributed by atoms with Crippen LogP contribution >= 0.6 is 34.2 Å². The summed E-state index contributed by atoms with van der Waals surface area (Å²) >= 11 is 7.74. The van der Waals surface area contributed by atoms with Crippen LogP contribution in [0.1, 0.15) is 24.2 Å². The van der Waals surface area contributed by atoms with E-state index in [0.717, 1.165) is 3.57 Å². The zero-order valence-electron chi connectivity index (χ0n) is 9.71. The van der Waals surface area contributed by atoms with Crippen molar-refractivity contribution in [3.8, 4) is 5.75 Å². The lowest BCUT2D eigenvalue weighted by molar-refractivity contribution is 0.0930. The summed E-state index contributed by atoms with van der Waals surface area (Å²) in [6.45, 7) is 3.89. The summed E-state index contributed by atoms with van der Waals surface area (Å²) in [7, 11) is 0. The van der Waals surface area contributed by atoms with Crippen LogP contribution in [-0.4, -0.2) is 22.9 Å². The van der Waals surface area contributed by atoms with Crippen molar-refractivity contribution in [1.82, 2.24) is 5.32 Å². The predicted molar refractivity (Wildman–Crippen MR) is 77.6 cm³/mol. The highest BCUT2D eigenvalue weighted by molar-refractivity contribution is 14.1. The van der Waals surface area contributed by atoms with Crippen molar-refractivity contribution in [1.29, 1.82) is 0 Å². The average Bonchev–Trinajstić information content (AvgIpc) is 2.31. The van der Waals surface area contributed by atoms with Gasteiger partial charge in [-0.25, -0.2) is 0 Å². The molecule has 0 fully saturated rings. The number of phenolic OH excluding ortho intramolecular Hbond substituents is 1. The van der Waals surface area contributed by atoms with Crippen LogP contribution in [0.4, 0.5) is 0 Å². The van der Waals surface area contributed by atoms with Crippen LogP contribution in [0.25, 0.3) is 0 Å². The van der Waals surface area contributed by atoms with E-state index in [1.54, 1.807) is 12.1 Å². The molecule has 0 bridgehead atoms. The monoisotopic (exact) mass is 367 g/mol. The second-order valence-corrected chi connectivity index (χ2v) is 5.53. The van der Waals surface area contributed by atoms with Crippen LogP contribution in [0.2, 0.25) is 0 Å². The van der Waals surface area contributed by atoms with Gasteiger partial charge in [0.1, 0.15) is 5.75 Å². The van der Waals surface area contributed by atoms with E-state index >= 15 is 0 Å². The number of amides is 1. The molecule has 0 saturated heterocycles. The van der Waals surface area contributed by atoms with Crippen LogP contribution in [0, 0.1) is 9.49 Å². The summed E-state index contributed by atoms with van der Waals surface area (Å²) in [5.41, 5.74) is 0.455. The molecule has 0 heterocycles. The van der Waals surface area contributed by atoms with E-state index in [1.807, 2.05) is 36.4 Å². The highest BCUT2D eigenvalue weighted by Gasteiger charge is 2.15. The molecule has 3 nitrogen and oxygen atoms in total. The Morgan fingerprint density at radius 2 is 2.18 bits per heavy atom. The van der Waals surface area contributed by atoms with Crippen LogP contribution in [0.3, 0.4) is 0 Å². The molecule has 2 unspecified atom stereocenters. The fourth-order valence-corrected chi connectivity index (χ4v) is 1.82. The van der Waals surface area contributed by atoms with Gasteiger partial charge >= 0.3 is 0 Å². The van der Waals surface area contributed by atoms with Gasteiger partial charge in [-0.2, -0.15) is 0 Å². The van der Waals surface area contributed by atoms with E-state index in [9.17, 15) is 9.90 Å². The first-order valence-corrected chi connectivity index (χ1v) is 6.92. The Bertz CT molecular complexity index is 411. The van der Waals surface area contributed by atoms with Crippen LogP contribution in [0.5, 0.6) is 5.75 Å². The summed E-state index contributed by atoms with van der Waals surface area (Å²) in [4.78, 5) is 11.9. The molecule has 94 valence electrons. The van der Waals surface area contributed by atoms with Gasteiger partial charge in [0, 0.05) is 17.5 Å². The van der Waals surface area contributed by atoms with Gasteiger partial charge < -0.3 is 10.4 Å². The third kappa shape index (κ3) is 4.03. The molecule has 2 N–H and O–H groups in total. The van der Waals surface area contributed by atoms with Crippen LogP contribution < -0.4 is 5.32 Å². The molecule has 0 aromatic heterocycles. The molecule has 2 atom stereocenters. The zero-order chi connectivity index (χ0) is 13.0. The lowest BCUT2D eigenvalue weighted by atomic mass is 10.1. The van der Waals surface area contributed by atoms with Gasteiger partial charge in [-0.3, -0.25) is 4.79 Å². The number of benzene rings is 1. The minimum absolute atomic E-state index is 0.00132. The lowest BCUT2D eigenvalue weighted by Crippen LogP contribution is -2.37. The Hall–Kier alpha value is -0.490. The molecule has 1 rings (SSSR count). The summed E-state index contributed by atoms with van der Waals surface area (Å²) in [6, 6.07) is 4.87. The molecule has 1 aromatic rings. The van der Waals surface area contributed by atoms with Crippen molar-refractivity contribution in [3.05, 3.63) is 27.3 Å². The molecular weight excluding hydrogens is 352 g/mol. The summed E-state index contributed by atoms with van der Waals surface area (Å²) in [5.74, 6) is 0.634. The smallest absolute Gasteiger partial charge is 0.251 e. The first-order valence-electron chi connectivity index (χ1n) is 5.31. The highest BCUT2D eigenvalue weighted by Crippen LogP contribution is 2.20. The number of nitrogens with one attached hydrogen (secondary N) is 1. The van der Waals surface area contributed by atoms with E-state index in [4.69, 9.17) is 11.6 Å². The van der Waals surface area contributed by atoms with Gasteiger partial charge in [-0.15, -0.1) is 11.6 Å². The Balaban J connectivity index is 2.73. The Labute approximate surface area is 120 Å². The quantitative estimate of drug-likeness (QED) is 0.635. The standard InChI is InChI=1S/C12H15ClINO2/c1-7(6-13)8(2)15-12(17)9-3-4-10(14)11(16)5-9/h3-5,7-8,16H,6H2,1-2H3,(H,15,17). The van der Waals surface area contributed by atoms with Crippen molar-refractivity contribution in [3.63, 3.8) is 0 Å². The lowest BCUT2D eigenvalue weighted by Gasteiger charge is -2.19. The SMILES string of the molecule is CC(CCl)C(C)NC(=O)c1ccc(I)c(O)c1. The summed E-state index contributed by atoms with van der Waals surface area (Å²) in [6.07, 6.45) is 0. The maximum atomic E-state index is 11.9. The van der Waals surface area contributed by atoms with Gasteiger partial charge in [-0.05, 0) is 53.6 Å². The van der Waals surface area contributed by atoms with E-state index in [2.05, 4.69) is 5.32 Å². The number of rotatable bonds is 4. The molecule has 0 aliphatic carbocycles. The first-order chi connectivity index (χ1) is 7.95. The molecule has 5 heteroatoms. The Kier molecular flexibility index (Phi) is 5.52. The van der Waals surface area contributed by atoms with Gasteiger partial charge in [0.05, 0.1) is 3.57 Å². The molecule has 1 aromatic carbocycles. The van der Waals surface area contributed by atoms with Crippen LogP contribution in [0.15, 0.2) is 18.2 Å². The number of carbonyl (C=O) groups is 1. The summed E-state index contributed by atoms with van der Waals surface area (Å²) < 4.78 is 0.723. The number of alkyl halides is 1. The average molecular weight is 368 g/mol. The number of hydrogen-bond donors (Lipinski definition) is 2. The normalized spacial score (nSPS) is 14.1. The van der Waals surface area contributed by atoms with E-state index < -0.39 is 0 Å². The number of hydrogen-bond acceptors (Lipinski definition) is 2. The number of aromatic hydroxyl groups is 1. The number of carbonyl (C=O) groups excluding carboxylic acids is 1. The zero-order valence-corrected chi connectivity index (χ0v) is 12.6. The Morgan fingerprint density at radius 1 is 1.53 bits per heavy atom. The fourth-order valence-electron chi connectivity index (χ4n) is 1.22. The number of phenols is 1. The maximum absolute atomic E-state index is 11.9. The van der Waals surface area contributed by atoms with Crippen molar-refractivity contribution in [2.24, 2.45) is 5.92 Å². The van der Waals surface area contributed by atoms with Crippen molar-refractivity contribution in [2.45, 2.75) is 19.9 Å². The van der Waals surface area contributed by atoms with Crippen LogP contribution in [-0.2, 0) is 0 Å². The molecule has 0 spiro atoms. The van der Waals surface area contributed by atoms with E-state index in [-0.39, 0.29) is 23.6 Å². The Morgan fingerprint density at radius 3 is 2.71 bits per heavy atom. The van der Waals surface area contributed by atoms with Gasteiger partial charge in [0.15, 0.2) is 0 Å². The van der Waals surface area contributed by atoms with Crippen molar-refractivity contribution < 1.29 is 9.90 Å². The molecule has 0 aliphatic heterocycles. The highest BCUT2D eigenvalue weighted by atomic mass is 127. The van der Waals surface area contributed by atoms with Gasteiger partial charge in [-0.1, -0.05) is 6.92 Å².